The van der Waals surface area contributed by atoms with Gasteiger partial charge in [0.25, 0.3) is 0 Å². The van der Waals surface area contributed by atoms with Crippen LogP contribution in [0.2, 0.25) is 0 Å². The predicted molar refractivity (Wildman–Crippen MR) is 141 cm³/mol. The van der Waals surface area contributed by atoms with E-state index in [1.165, 1.54) is 128 Å². The predicted octanol–water partition coefficient (Wildman–Crippen LogP) is 10.2. The third-order valence-electron chi connectivity index (χ3n) is 6.98. The molecule has 0 unspecified atom stereocenters. The van der Waals surface area contributed by atoms with Crippen LogP contribution in [0.15, 0.2) is 12.1 Å². The second-order valence-corrected chi connectivity index (χ2v) is 10.1. The smallest absolute Gasteiger partial charge is 0.122 e. The minimum absolute atomic E-state index is 0.212. The highest BCUT2D eigenvalue weighted by Gasteiger charge is 2.05. The van der Waals surface area contributed by atoms with E-state index in [4.69, 9.17) is 0 Å². The van der Waals surface area contributed by atoms with Crippen molar-refractivity contribution in [1.29, 1.82) is 0 Å². The van der Waals surface area contributed by atoms with Crippen molar-refractivity contribution in [3.8, 4) is 11.5 Å². The summed E-state index contributed by atoms with van der Waals surface area (Å²) in [4.78, 5) is 0. The van der Waals surface area contributed by atoms with E-state index in [2.05, 4.69) is 6.92 Å². The van der Waals surface area contributed by atoms with E-state index in [0.717, 1.165) is 18.4 Å². The normalized spacial score (nSPS) is 11.3. The molecule has 0 bridgehead atoms. The molecule has 2 N–H and O–H groups in total. The van der Waals surface area contributed by atoms with Gasteiger partial charge in [0, 0.05) is 5.56 Å². The van der Waals surface area contributed by atoms with Gasteiger partial charge >= 0.3 is 0 Å². The number of rotatable bonds is 22. The lowest BCUT2D eigenvalue weighted by atomic mass is 10.0. The topological polar surface area (TPSA) is 40.5 Å². The largest absolute Gasteiger partial charge is 0.508 e. The summed E-state index contributed by atoms with van der Waals surface area (Å²) in [6.07, 6.45) is 30.4. The monoisotopic (exact) mass is 446 g/mol. The summed E-state index contributed by atoms with van der Waals surface area (Å²) in [5.74, 6) is 0.423. The van der Waals surface area contributed by atoms with Gasteiger partial charge in [0.2, 0.25) is 0 Å². The lowest BCUT2D eigenvalue weighted by Crippen LogP contribution is -1.88. The molecule has 0 aliphatic rings. The molecular weight excluding hydrogens is 392 g/mol. The molecule has 0 atom stereocenters. The van der Waals surface area contributed by atoms with Crippen LogP contribution in [0.25, 0.3) is 0 Å². The van der Waals surface area contributed by atoms with Crippen molar-refractivity contribution in [2.75, 3.05) is 0 Å². The number of aryl methyl sites for hydroxylation is 1. The third-order valence-corrected chi connectivity index (χ3v) is 6.98. The Balaban J connectivity index is 1.76. The van der Waals surface area contributed by atoms with Gasteiger partial charge in [-0.3, -0.25) is 0 Å². The highest BCUT2D eigenvalue weighted by Crippen LogP contribution is 2.28. The van der Waals surface area contributed by atoms with Crippen molar-refractivity contribution in [2.45, 2.75) is 155 Å². The van der Waals surface area contributed by atoms with Crippen molar-refractivity contribution in [3.63, 3.8) is 0 Å². The van der Waals surface area contributed by atoms with E-state index in [-0.39, 0.29) is 11.5 Å². The van der Waals surface area contributed by atoms with Crippen LogP contribution in [0.3, 0.4) is 0 Å². The zero-order valence-corrected chi connectivity index (χ0v) is 21.6. The van der Waals surface area contributed by atoms with Crippen LogP contribution in [0.1, 0.15) is 153 Å². The fourth-order valence-corrected chi connectivity index (χ4v) is 4.65. The van der Waals surface area contributed by atoms with Crippen LogP contribution in [-0.4, -0.2) is 10.2 Å². The van der Waals surface area contributed by atoms with Crippen LogP contribution in [0.5, 0.6) is 11.5 Å². The van der Waals surface area contributed by atoms with Crippen molar-refractivity contribution in [2.24, 2.45) is 0 Å². The summed E-state index contributed by atoms with van der Waals surface area (Å²) in [7, 11) is 0. The number of phenols is 2. The second kappa shape index (κ2) is 20.4. The molecule has 0 amide bonds. The Bertz CT molecular complexity index is 529. The highest BCUT2D eigenvalue weighted by molar-refractivity contribution is 5.45. The van der Waals surface area contributed by atoms with Crippen molar-refractivity contribution < 1.29 is 10.2 Å². The molecule has 0 radical (unpaired) electrons. The van der Waals surface area contributed by atoms with Gasteiger partial charge in [-0.05, 0) is 37.5 Å². The molecule has 1 rings (SSSR count). The first-order valence-electron chi connectivity index (χ1n) is 14.2. The van der Waals surface area contributed by atoms with Gasteiger partial charge in [-0.1, -0.05) is 135 Å². The van der Waals surface area contributed by atoms with Gasteiger partial charge in [-0.2, -0.15) is 0 Å². The number of aromatic hydroxyl groups is 2. The number of hydrogen-bond donors (Lipinski definition) is 2. The Kier molecular flexibility index (Phi) is 18.4. The lowest BCUT2D eigenvalue weighted by Gasteiger charge is -2.07. The number of phenolic OH excluding ortho intramolecular Hbond substituents is 2. The summed E-state index contributed by atoms with van der Waals surface area (Å²) in [6.45, 7) is 4.04. The first-order chi connectivity index (χ1) is 15.6. The Morgan fingerprint density at radius 2 is 0.750 bits per heavy atom. The Morgan fingerprint density at radius 3 is 1.06 bits per heavy atom. The number of hydrogen-bond acceptors (Lipinski definition) is 2. The molecule has 0 aliphatic heterocycles. The van der Waals surface area contributed by atoms with Crippen molar-refractivity contribution in [3.05, 3.63) is 23.3 Å². The molecule has 2 nitrogen and oxygen atoms in total. The fourth-order valence-electron chi connectivity index (χ4n) is 4.65. The summed E-state index contributed by atoms with van der Waals surface area (Å²) in [6, 6.07) is 3.59. The molecule has 0 saturated heterocycles. The van der Waals surface area contributed by atoms with Crippen molar-refractivity contribution in [1.82, 2.24) is 0 Å². The third kappa shape index (κ3) is 15.6. The van der Waals surface area contributed by atoms with Gasteiger partial charge < -0.3 is 10.2 Å². The van der Waals surface area contributed by atoms with Gasteiger partial charge in [-0.25, -0.2) is 0 Å². The van der Waals surface area contributed by atoms with E-state index < -0.39 is 0 Å². The molecular formula is C30H54O2. The average molecular weight is 447 g/mol. The highest BCUT2D eigenvalue weighted by atomic mass is 16.3. The standard InChI is InChI=1S/C30H54O2/c1-3-4-5-6-7-8-9-10-11-12-13-14-15-16-17-18-19-20-21-22-23-24-28-25-29(31)27(2)30(32)26-28/h25-26,31-32H,3-24H2,1-2H3. The Hall–Kier alpha value is -1.18. The van der Waals surface area contributed by atoms with Crippen molar-refractivity contribution >= 4 is 0 Å². The quantitative estimate of drug-likeness (QED) is 0.174. The van der Waals surface area contributed by atoms with E-state index in [9.17, 15) is 10.2 Å². The molecule has 0 aliphatic carbocycles. The van der Waals surface area contributed by atoms with Gasteiger partial charge in [0.05, 0.1) is 0 Å². The zero-order valence-electron chi connectivity index (χ0n) is 21.6. The SMILES string of the molecule is CCCCCCCCCCCCCCCCCCCCCCCc1cc(O)c(C)c(O)c1. The summed E-state index contributed by atoms with van der Waals surface area (Å²) >= 11 is 0. The minimum Gasteiger partial charge on any atom is -0.508 e. The van der Waals surface area contributed by atoms with Crippen LogP contribution >= 0.6 is 0 Å². The number of unbranched alkanes of at least 4 members (excludes halogenated alkanes) is 20. The number of benzene rings is 1. The molecule has 0 heterocycles. The van der Waals surface area contributed by atoms with Crippen LogP contribution in [0, 0.1) is 6.92 Å². The maximum atomic E-state index is 9.79. The zero-order chi connectivity index (χ0) is 23.3. The van der Waals surface area contributed by atoms with E-state index in [1.807, 2.05) is 0 Å². The van der Waals surface area contributed by atoms with Crippen LogP contribution in [-0.2, 0) is 6.42 Å². The Morgan fingerprint density at radius 1 is 0.469 bits per heavy atom. The lowest BCUT2D eigenvalue weighted by molar-refractivity contribution is 0.441. The van der Waals surface area contributed by atoms with Gasteiger partial charge in [0.1, 0.15) is 11.5 Å². The molecule has 32 heavy (non-hydrogen) atoms. The minimum atomic E-state index is 0.212. The summed E-state index contributed by atoms with van der Waals surface area (Å²) < 4.78 is 0. The first kappa shape index (κ1) is 28.9. The molecule has 0 aromatic heterocycles. The average Bonchev–Trinajstić information content (AvgIpc) is 2.78. The maximum absolute atomic E-state index is 9.79. The molecule has 0 saturated carbocycles. The van der Waals surface area contributed by atoms with Crippen LogP contribution in [0.4, 0.5) is 0 Å². The van der Waals surface area contributed by atoms with Crippen LogP contribution < -0.4 is 0 Å². The molecule has 1 aromatic carbocycles. The van der Waals surface area contributed by atoms with E-state index in [0.29, 0.717) is 5.56 Å². The van der Waals surface area contributed by atoms with E-state index >= 15 is 0 Å². The molecule has 0 spiro atoms. The summed E-state index contributed by atoms with van der Waals surface area (Å²) in [5, 5.41) is 19.6. The first-order valence-corrected chi connectivity index (χ1v) is 14.2. The van der Waals surface area contributed by atoms with Gasteiger partial charge in [0.15, 0.2) is 0 Å². The molecule has 2 heteroatoms. The fraction of sp³-hybridized carbons (Fsp3) is 0.800. The Labute approximate surface area is 200 Å². The molecule has 0 fully saturated rings. The van der Waals surface area contributed by atoms with Gasteiger partial charge in [-0.15, -0.1) is 0 Å². The maximum Gasteiger partial charge on any atom is 0.122 e. The molecule has 1 aromatic rings. The summed E-state index contributed by atoms with van der Waals surface area (Å²) in [5.41, 5.74) is 1.62. The molecule has 186 valence electrons. The second-order valence-electron chi connectivity index (χ2n) is 10.1. The van der Waals surface area contributed by atoms with E-state index in [1.54, 1.807) is 19.1 Å².